The molecule has 0 aliphatic rings. The highest BCUT2D eigenvalue weighted by Crippen LogP contribution is 2.39. The van der Waals surface area contributed by atoms with E-state index in [1.54, 1.807) is 0 Å². The zero-order valence-electron chi connectivity index (χ0n) is 11.0. The van der Waals surface area contributed by atoms with Crippen molar-refractivity contribution in [3.63, 3.8) is 0 Å². The molecule has 0 saturated carbocycles. The largest absolute Gasteiger partial charge is 0.365 e. The summed E-state index contributed by atoms with van der Waals surface area (Å²) in [5, 5.41) is 0.686. The molecular weight excluding hydrogens is 302 g/mol. The van der Waals surface area contributed by atoms with E-state index in [4.69, 9.17) is 17.3 Å². The maximum atomic E-state index is 11.5. The quantitative estimate of drug-likeness (QED) is 0.739. The van der Waals surface area contributed by atoms with Crippen LogP contribution in [-0.4, -0.2) is 5.91 Å². The van der Waals surface area contributed by atoms with Crippen LogP contribution >= 0.6 is 22.9 Å². The first kappa shape index (κ1) is 13.9. The van der Waals surface area contributed by atoms with Crippen LogP contribution in [0.4, 0.5) is 0 Å². The average molecular weight is 314 g/mol. The number of nitrogens with two attached hydrogens (primary N) is 1. The van der Waals surface area contributed by atoms with Gasteiger partial charge >= 0.3 is 0 Å². The molecule has 2 nitrogen and oxygen atoms in total. The number of hydrogen-bond donors (Lipinski definition) is 1. The summed E-state index contributed by atoms with van der Waals surface area (Å²) in [6.45, 7) is 0. The Hall–Kier alpha value is -2.10. The molecule has 2 N–H and O–H groups in total. The third-order valence-electron chi connectivity index (χ3n) is 3.17. The van der Waals surface area contributed by atoms with E-state index in [1.165, 1.54) is 11.3 Å². The summed E-state index contributed by atoms with van der Waals surface area (Å²) in [5.41, 5.74) is 8.51. The molecule has 2 aromatic carbocycles. The van der Waals surface area contributed by atoms with Crippen LogP contribution in [0.15, 0.2) is 60.7 Å². The van der Waals surface area contributed by atoms with Gasteiger partial charge in [-0.05, 0) is 29.3 Å². The van der Waals surface area contributed by atoms with E-state index in [2.05, 4.69) is 0 Å². The lowest BCUT2D eigenvalue weighted by Crippen LogP contribution is -2.08. The first-order chi connectivity index (χ1) is 10.1. The van der Waals surface area contributed by atoms with Gasteiger partial charge in [-0.15, -0.1) is 11.3 Å². The van der Waals surface area contributed by atoms with Crippen molar-refractivity contribution in [2.75, 3.05) is 0 Å². The molecule has 21 heavy (non-hydrogen) atoms. The third kappa shape index (κ3) is 2.84. The van der Waals surface area contributed by atoms with E-state index in [1.807, 2.05) is 60.7 Å². The minimum atomic E-state index is -0.405. The van der Waals surface area contributed by atoms with Gasteiger partial charge in [0.15, 0.2) is 0 Å². The van der Waals surface area contributed by atoms with Crippen LogP contribution in [0.5, 0.6) is 0 Å². The van der Waals surface area contributed by atoms with Crippen LogP contribution in [0.2, 0.25) is 5.02 Å². The molecule has 3 rings (SSSR count). The van der Waals surface area contributed by atoms with Crippen LogP contribution in [0.25, 0.3) is 21.6 Å². The van der Waals surface area contributed by atoms with Crippen LogP contribution in [0.3, 0.4) is 0 Å². The zero-order chi connectivity index (χ0) is 14.8. The molecular formula is C17H12ClNOS. The topological polar surface area (TPSA) is 43.1 Å². The van der Waals surface area contributed by atoms with Crippen LogP contribution in [0, 0.1) is 0 Å². The van der Waals surface area contributed by atoms with E-state index < -0.39 is 5.91 Å². The molecule has 0 saturated heterocycles. The number of carbonyl (C=O) groups is 1. The van der Waals surface area contributed by atoms with Crippen molar-refractivity contribution < 1.29 is 4.79 Å². The van der Waals surface area contributed by atoms with Crippen molar-refractivity contribution in [2.24, 2.45) is 5.73 Å². The molecule has 0 atom stereocenters. The van der Waals surface area contributed by atoms with Crippen molar-refractivity contribution in [2.45, 2.75) is 0 Å². The molecule has 1 heterocycles. The molecule has 0 unspecified atom stereocenters. The Kier molecular flexibility index (Phi) is 3.78. The van der Waals surface area contributed by atoms with E-state index in [9.17, 15) is 4.79 Å². The van der Waals surface area contributed by atoms with Crippen molar-refractivity contribution in [3.05, 3.63) is 70.6 Å². The summed E-state index contributed by atoms with van der Waals surface area (Å²) in [6, 6.07) is 19.4. The number of rotatable bonds is 3. The Balaban J connectivity index is 2.19. The second kappa shape index (κ2) is 5.72. The molecule has 0 radical (unpaired) electrons. The van der Waals surface area contributed by atoms with Crippen molar-refractivity contribution in [3.8, 4) is 21.6 Å². The van der Waals surface area contributed by atoms with E-state index in [0.29, 0.717) is 9.90 Å². The Morgan fingerprint density at radius 3 is 2.24 bits per heavy atom. The van der Waals surface area contributed by atoms with Gasteiger partial charge < -0.3 is 5.73 Å². The van der Waals surface area contributed by atoms with Crippen LogP contribution < -0.4 is 5.73 Å². The fourth-order valence-corrected chi connectivity index (χ4v) is 3.32. The van der Waals surface area contributed by atoms with Crippen LogP contribution in [-0.2, 0) is 0 Å². The van der Waals surface area contributed by atoms with Gasteiger partial charge in [0.2, 0.25) is 0 Å². The van der Waals surface area contributed by atoms with Crippen molar-refractivity contribution in [1.82, 2.24) is 0 Å². The first-order valence-corrected chi connectivity index (χ1v) is 7.59. The lowest BCUT2D eigenvalue weighted by Gasteiger charge is -2.04. The van der Waals surface area contributed by atoms with Gasteiger partial charge in [-0.3, -0.25) is 4.79 Å². The normalized spacial score (nSPS) is 10.5. The van der Waals surface area contributed by atoms with Crippen LogP contribution in [0.1, 0.15) is 9.67 Å². The highest BCUT2D eigenvalue weighted by Gasteiger charge is 2.15. The van der Waals surface area contributed by atoms with E-state index in [0.717, 1.165) is 21.6 Å². The highest BCUT2D eigenvalue weighted by molar-refractivity contribution is 7.18. The molecule has 0 spiro atoms. The van der Waals surface area contributed by atoms with E-state index >= 15 is 0 Å². The maximum absolute atomic E-state index is 11.5. The molecule has 1 aromatic heterocycles. The maximum Gasteiger partial charge on any atom is 0.258 e. The van der Waals surface area contributed by atoms with Gasteiger partial charge in [-0.1, -0.05) is 54.1 Å². The summed E-state index contributed by atoms with van der Waals surface area (Å²) in [6.07, 6.45) is 0. The predicted octanol–water partition coefficient (Wildman–Crippen LogP) is 4.83. The Bertz CT molecular complexity index is 778. The molecule has 104 valence electrons. The molecule has 4 heteroatoms. The predicted molar refractivity (Wildman–Crippen MR) is 88.7 cm³/mol. The Morgan fingerprint density at radius 2 is 1.62 bits per heavy atom. The second-order valence-electron chi connectivity index (χ2n) is 4.59. The zero-order valence-corrected chi connectivity index (χ0v) is 12.6. The molecule has 0 fully saturated rings. The monoisotopic (exact) mass is 313 g/mol. The van der Waals surface area contributed by atoms with Gasteiger partial charge in [-0.2, -0.15) is 0 Å². The van der Waals surface area contributed by atoms with E-state index in [-0.39, 0.29) is 0 Å². The lowest BCUT2D eigenvalue weighted by atomic mass is 10.0. The number of thiophene rings is 1. The Labute approximate surface area is 131 Å². The van der Waals surface area contributed by atoms with Gasteiger partial charge in [0.1, 0.15) is 0 Å². The third-order valence-corrected chi connectivity index (χ3v) is 4.62. The first-order valence-electron chi connectivity index (χ1n) is 6.40. The highest BCUT2D eigenvalue weighted by atomic mass is 35.5. The summed E-state index contributed by atoms with van der Waals surface area (Å²) < 4.78 is 0. The summed E-state index contributed by atoms with van der Waals surface area (Å²) in [4.78, 5) is 13.1. The number of halogens is 1. The summed E-state index contributed by atoms with van der Waals surface area (Å²) in [5.74, 6) is -0.405. The minimum Gasteiger partial charge on any atom is -0.365 e. The van der Waals surface area contributed by atoms with Crippen molar-refractivity contribution >= 4 is 28.8 Å². The minimum absolute atomic E-state index is 0.405. The number of amides is 1. The smallest absolute Gasteiger partial charge is 0.258 e. The Morgan fingerprint density at radius 1 is 0.952 bits per heavy atom. The molecule has 0 aliphatic heterocycles. The standard InChI is InChI=1S/C17H12ClNOS/c18-13-8-6-11(7-9-13)14-10-15(17(19)20)21-16(14)12-4-2-1-3-5-12/h1-10H,(H2,19,20). The molecule has 1 amide bonds. The number of carbonyl (C=O) groups excluding carboxylic acids is 1. The second-order valence-corrected chi connectivity index (χ2v) is 6.08. The van der Waals surface area contributed by atoms with Gasteiger partial charge in [0.25, 0.3) is 5.91 Å². The number of benzene rings is 2. The lowest BCUT2D eigenvalue weighted by molar-refractivity contribution is 0.100. The summed E-state index contributed by atoms with van der Waals surface area (Å²) in [7, 11) is 0. The summed E-state index contributed by atoms with van der Waals surface area (Å²) >= 11 is 7.35. The number of primary amides is 1. The molecule has 3 aromatic rings. The van der Waals surface area contributed by atoms with Gasteiger partial charge in [-0.25, -0.2) is 0 Å². The van der Waals surface area contributed by atoms with Crippen molar-refractivity contribution in [1.29, 1.82) is 0 Å². The van der Waals surface area contributed by atoms with Gasteiger partial charge in [0, 0.05) is 15.5 Å². The molecule has 0 bridgehead atoms. The average Bonchev–Trinajstić information content (AvgIpc) is 2.94. The number of hydrogen-bond acceptors (Lipinski definition) is 2. The van der Waals surface area contributed by atoms with Gasteiger partial charge in [0.05, 0.1) is 4.88 Å². The fraction of sp³-hybridized carbons (Fsp3) is 0. The molecule has 0 aliphatic carbocycles. The fourth-order valence-electron chi connectivity index (χ4n) is 2.16. The SMILES string of the molecule is NC(=O)c1cc(-c2ccc(Cl)cc2)c(-c2ccccc2)s1.